The van der Waals surface area contributed by atoms with E-state index in [-0.39, 0.29) is 94.4 Å². The molecular formula is C69H91N21O41P8S8. The number of aromatic nitrogens is 18. The average Bonchev–Trinajstić information content (AvgIpc) is 1.62. The molecule has 28 atom stereocenters. The molecule has 0 saturated carbocycles. The molecule has 7 aliphatic heterocycles. The highest BCUT2D eigenvalue weighted by atomic mass is 32.5. The van der Waals surface area contributed by atoms with Crippen molar-refractivity contribution in [2.24, 2.45) is 0 Å². The van der Waals surface area contributed by atoms with E-state index in [1.807, 2.05) is 0 Å². The van der Waals surface area contributed by atoms with Crippen molar-refractivity contribution >= 4 is 189 Å². The molecule has 0 spiro atoms. The van der Waals surface area contributed by atoms with Crippen molar-refractivity contribution in [3.8, 4) is 0 Å². The number of aromatic amines is 6. The van der Waals surface area contributed by atoms with E-state index in [1.54, 1.807) is 0 Å². The van der Waals surface area contributed by atoms with Gasteiger partial charge in [-0.2, -0.15) is 15.0 Å². The Hall–Kier alpha value is -6.30. The molecule has 0 aliphatic carbocycles. The maximum Gasteiger partial charge on any atom is 0.351 e. The smallest absolute Gasteiger partial charge is 0.351 e. The molecule has 806 valence electrons. The van der Waals surface area contributed by atoms with Crippen LogP contribution in [0.4, 0.5) is 17.7 Å². The second-order valence-corrected chi connectivity index (χ2v) is 54.9. The molecule has 78 heteroatoms. The van der Waals surface area contributed by atoms with Gasteiger partial charge in [0.15, 0.2) is 29.5 Å². The van der Waals surface area contributed by atoms with Gasteiger partial charge in [0.1, 0.15) is 92.1 Å². The van der Waals surface area contributed by atoms with Crippen molar-refractivity contribution in [2.75, 3.05) is 63.4 Å². The highest BCUT2D eigenvalue weighted by Gasteiger charge is 2.52. The van der Waals surface area contributed by atoms with Crippen LogP contribution in [-0.4, -0.2) is 263 Å². The molecule has 9 aromatic rings. The maximum atomic E-state index is 13.6. The van der Waals surface area contributed by atoms with Crippen molar-refractivity contribution < 1.29 is 141 Å². The zero-order valence-electron chi connectivity index (χ0n) is 75.7. The van der Waals surface area contributed by atoms with Crippen molar-refractivity contribution in [1.29, 1.82) is 0 Å². The second-order valence-electron chi connectivity index (χ2n) is 33.7. The minimum Gasteiger partial charge on any atom is -0.383 e. The summed E-state index contributed by atoms with van der Waals surface area (Å²) in [5.74, 6) is -0.894. The van der Waals surface area contributed by atoms with Crippen LogP contribution in [-0.2, 0) is 191 Å². The summed E-state index contributed by atoms with van der Waals surface area (Å²) in [4.78, 5) is 279. The topological polar surface area (TPSA) is 835 Å². The monoisotopic (exact) mass is 2370 g/mol. The molecule has 14 unspecified atom stereocenters. The van der Waals surface area contributed by atoms with Gasteiger partial charge in [0.25, 0.3) is 33.4 Å². The Morgan fingerprint density at radius 2 is 0.592 bits per heavy atom. The van der Waals surface area contributed by atoms with E-state index in [0.717, 1.165) is 35.4 Å². The molecule has 0 radical (unpaired) electrons. The van der Waals surface area contributed by atoms with Gasteiger partial charge in [0, 0.05) is 98.2 Å². The Kier molecular flexibility index (Phi) is 35.2. The van der Waals surface area contributed by atoms with E-state index >= 15 is 0 Å². The molecule has 147 heavy (non-hydrogen) atoms. The number of anilines is 3. The lowest BCUT2D eigenvalue weighted by atomic mass is 10.2. The highest BCUT2D eigenvalue weighted by molar-refractivity contribution is 8.09. The van der Waals surface area contributed by atoms with Crippen LogP contribution >= 0.6 is 54.2 Å². The molecule has 7 saturated heterocycles. The average molecular weight is 2370 g/mol. The van der Waals surface area contributed by atoms with E-state index in [4.69, 9.17) is 196 Å². The van der Waals surface area contributed by atoms with E-state index in [0.29, 0.717) is 0 Å². The van der Waals surface area contributed by atoms with E-state index in [2.05, 4.69) is 66.6 Å². The Morgan fingerprint density at radius 3 is 0.844 bits per heavy atom. The van der Waals surface area contributed by atoms with Gasteiger partial charge >= 0.3 is 75.5 Å². The molecular weight excluding hydrogens is 2280 g/mol. The first-order chi connectivity index (χ1) is 68.9. The van der Waals surface area contributed by atoms with Crippen molar-refractivity contribution in [3.63, 3.8) is 0 Å². The number of rotatable bonds is 42. The van der Waals surface area contributed by atoms with Gasteiger partial charge in [0.2, 0.25) is 11.9 Å². The molecule has 0 bridgehead atoms. The van der Waals surface area contributed by atoms with Gasteiger partial charge in [-0.3, -0.25) is 90.6 Å². The zero-order valence-corrected chi connectivity index (χ0v) is 89.5. The van der Waals surface area contributed by atoms with E-state index < -0.39 is 304 Å². The standard InChI is InChI=1S/C69H91N21O41P8S8/c1-27-14-85(66(98)80-57(27)91)47-7-31(125-132(102)140)38(118-47)19-112-134(105,142)128-34-10-49(87-16-29(3)59(93)82-68(87)100)121-41(34)21-114-138(109,146)130-36-12-51(89-25-73-53-55(89)76-63(71)78-61(53)95)123-43(36)23-116-135(106,143)126-32-8-46(84-6-5-45(70)75-65(84)97)119-40(32)20-113-137(108,145)129-35-11-50(88-17-30(4)60(94)83-69(88)101)122-42(35)22-115-139(110,147)131-37-13-52(90-26-74-54-56(90)77-64(72)79-62(54)96)124-44(37)24-117-136(107,144)127-33-9-48(120-39(33)18-111-133(103,104)141)86-15-28(2)58(92)81-67(86)99/h5-6,14-17,25-26,31-44,46-52,132H,7-13,18-24H2,1-4H3,(H,102,140)(H,105,142)(H,106,143)(H,107,144)(H,108,145)(H,109,146)(H,110,147)(H2,70,75,97)(H,80,91,98)(H,81,92,99)(H,82,93,100)(H,83,94,101)(H2,103,104,141)(H3,71,76,78,95)(H3,72,77,79,96)/t31?,32?,33?,34?,35?,36?,37?,38-,39-,40-,41-,42-,43-,44-,46-,47-,48-,49-,50-,51-,52-,134?,135?,136?,137?,138?,139?/m1/s1. The normalized spacial score (nSPS) is 29.2. The first-order valence-corrected chi connectivity index (χ1v) is 63.8. The molecule has 0 amide bonds. The molecule has 16 heterocycles. The molecule has 21 N–H and O–H groups in total. The predicted octanol–water partition coefficient (Wildman–Crippen LogP) is -2.48. The number of nitrogens with one attached hydrogen (secondary N) is 6. The second kappa shape index (κ2) is 45.6. The molecule has 0 aromatic carbocycles. The molecule has 16 rings (SSSR count). The van der Waals surface area contributed by atoms with Crippen LogP contribution in [0.5, 0.6) is 0 Å². The lowest BCUT2D eigenvalue weighted by Crippen LogP contribution is -2.33. The fourth-order valence-electron chi connectivity index (χ4n) is 16.6. The molecule has 7 aliphatic rings. The first-order valence-electron chi connectivity index (χ1n) is 43.1. The summed E-state index contributed by atoms with van der Waals surface area (Å²) < 4.78 is 134. The van der Waals surface area contributed by atoms with E-state index in [9.17, 15) is 96.8 Å². The van der Waals surface area contributed by atoms with Crippen LogP contribution in [0.1, 0.15) is 111 Å². The third-order valence-corrected chi connectivity index (χ3v) is 34.6. The largest absolute Gasteiger partial charge is 0.383 e. The van der Waals surface area contributed by atoms with Crippen molar-refractivity contribution in [3.05, 3.63) is 187 Å². The molecule has 7 fully saturated rings. The van der Waals surface area contributed by atoms with Crippen LogP contribution in [0.3, 0.4) is 0 Å². The zero-order chi connectivity index (χ0) is 106. The minimum atomic E-state index is -4.81. The summed E-state index contributed by atoms with van der Waals surface area (Å²) in [5.41, 5.74) is 8.33. The summed E-state index contributed by atoms with van der Waals surface area (Å²) in [7, 11) is -2.87. The Labute approximate surface area is 861 Å². The van der Waals surface area contributed by atoms with Gasteiger partial charge in [-0.05, 0) is 128 Å². The van der Waals surface area contributed by atoms with Gasteiger partial charge in [-0.1, -0.05) is 0 Å². The number of nitrogens with two attached hydrogens (primary N) is 3. The number of ether oxygens (including phenoxy) is 7. The van der Waals surface area contributed by atoms with Crippen molar-refractivity contribution in [2.45, 2.75) is 202 Å². The number of imidazole rings is 2. The number of nitrogens with zero attached hydrogens (tertiary/aromatic N) is 12. The first kappa shape index (κ1) is 113. The summed E-state index contributed by atoms with van der Waals surface area (Å²) in [5, 5.41) is 0. The third-order valence-electron chi connectivity index (χ3n) is 23.5. The molecule has 62 nitrogen and oxygen atoms in total. The summed E-state index contributed by atoms with van der Waals surface area (Å²) in [6.45, 7) is -32.5. The van der Waals surface area contributed by atoms with Crippen LogP contribution in [0.15, 0.2) is 102 Å². The minimum absolute atomic E-state index is 0.0123. The summed E-state index contributed by atoms with van der Waals surface area (Å²) in [6.07, 6.45) is -23.3. The molecule has 9 aromatic heterocycles. The predicted molar refractivity (Wildman–Crippen MR) is 533 cm³/mol. The quantitative estimate of drug-likeness (QED) is 0.0176. The van der Waals surface area contributed by atoms with E-state index in [1.165, 1.54) is 74.0 Å². The van der Waals surface area contributed by atoms with Gasteiger partial charge < -0.3 is 158 Å². The maximum absolute atomic E-state index is 13.6. The lowest BCUT2D eigenvalue weighted by Gasteiger charge is -2.29. The summed E-state index contributed by atoms with van der Waals surface area (Å²) in [6, 6.07) is 1.24. The van der Waals surface area contributed by atoms with Gasteiger partial charge in [-0.25, -0.2) is 33.9 Å². The number of hydrogen-bond acceptors (Lipinski definition) is 48. The number of nitrogen functional groups attached to an aromatic ring is 3. The van der Waals surface area contributed by atoms with Crippen LogP contribution in [0.25, 0.3) is 22.3 Å². The van der Waals surface area contributed by atoms with Crippen molar-refractivity contribution in [1.82, 2.24) is 86.8 Å². The number of aryl methyl sites for hydroxylation is 4. The lowest BCUT2D eigenvalue weighted by molar-refractivity contribution is -0.0577. The SMILES string of the molecule is Cc1cn([C@H]2CC(O[PH](O)=S)[C@@H](COP(O)(=S)OC3C[C@H](n4cc(C)c(=O)[nH]c4=O)O[C@@H]3COP(O)(=S)OC3C[C@H](n4cnc5c(=O)[nH]c(N)nc54)O[C@@H]3COP(O)(=S)OC3C[C@H](n4ccc(N)nc4=O)O[C@@H]3COP(O)(=S)OC3C[C@H](n4cc(C)c(=O)[nH]c4=O)O[C@@H]3COP(O)(=S)OC3C[C@H](n4cnc5c(=O)[nH]c(N)nc54)O[C@@H]3COP(O)(=S)OC3C[C@H](n4cc(C)c(=O)[nH]c4=O)O[C@@H]3COP(O)(O)=S)O2)c(=O)[nH]c1=O. The van der Waals surface area contributed by atoms with Crippen LogP contribution < -0.4 is 79.0 Å². The number of hydrogen-bond donors (Lipinski definition) is 18. The summed E-state index contributed by atoms with van der Waals surface area (Å²) >= 11 is 43.1. The number of H-pyrrole nitrogens is 6. The fourth-order valence-corrected chi connectivity index (χ4v) is 26.9. The third kappa shape index (κ3) is 27.8. The van der Waals surface area contributed by atoms with Gasteiger partial charge in [0.05, 0.1) is 102 Å². The highest BCUT2D eigenvalue weighted by Crippen LogP contribution is 2.58. The Bertz CT molecular complexity index is 7660. The fraction of sp³-hybridized carbons (Fsp3) is 0.565. The Morgan fingerprint density at radius 1 is 0.354 bits per heavy atom. The Balaban J connectivity index is 0.610. The van der Waals surface area contributed by atoms with Gasteiger partial charge in [-0.15, -0.1) is 0 Å². The number of fused-ring (bicyclic) bond motifs is 2. The van der Waals surface area contributed by atoms with Crippen LogP contribution in [0, 0.1) is 27.7 Å². The van der Waals surface area contributed by atoms with Crippen LogP contribution in [0.2, 0.25) is 0 Å².